The molecule has 4 rings (SSSR count). The molecule has 0 spiro atoms. The Bertz CT molecular complexity index is 1090. The van der Waals surface area contributed by atoms with Gasteiger partial charge in [-0.1, -0.05) is 55.5 Å². The number of hydrogen-bond acceptors (Lipinski definition) is 4. The minimum absolute atomic E-state index is 0.0797. The van der Waals surface area contributed by atoms with Gasteiger partial charge in [0, 0.05) is 24.4 Å². The van der Waals surface area contributed by atoms with E-state index in [1.165, 1.54) is 0 Å². The number of hydrogen-bond donors (Lipinski definition) is 2. The molecule has 2 N–H and O–H groups in total. The zero-order valence-corrected chi connectivity index (χ0v) is 19.3. The zero-order chi connectivity index (χ0) is 23.8. The fourth-order valence-corrected chi connectivity index (χ4v) is 3.92. The van der Waals surface area contributed by atoms with Crippen molar-refractivity contribution in [2.45, 2.75) is 38.4 Å². The van der Waals surface area contributed by atoms with Gasteiger partial charge in [0.15, 0.2) is 6.10 Å². The van der Waals surface area contributed by atoms with E-state index in [2.05, 4.69) is 22.8 Å². The Morgan fingerprint density at radius 1 is 1.00 bits per heavy atom. The molecule has 1 aliphatic rings. The number of rotatable bonds is 9. The molecular weight excluding hydrogens is 428 g/mol. The lowest BCUT2D eigenvalue weighted by Crippen LogP contribution is -2.33. The molecule has 0 bridgehead atoms. The van der Waals surface area contributed by atoms with E-state index < -0.39 is 6.10 Å². The molecule has 176 valence electrons. The van der Waals surface area contributed by atoms with Crippen molar-refractivity contribution in [2.24, 2.45) is 0 Å². The first kappa shape index (κ1) is 23.5. The van der Waals surface area contributed by atoms with Gasteiger partial charge in [-0.2, -0.15) is 0 Å². The summed E-state index contributed by atoms with van der Waals surface area (Å²) in [7, 11) is 0. The van der Waals surface area contributed by atoms with Crippen LogP contribution in [0.15, 0.2) is 78.9 Å². The van der Waals surface area contributed by atoms with Crippen LogP contribution in [0.3, 0.4) is 0 Å². The molecule has 1 saturated heterocycles. The Morgan fingerprint density at radius 3 is 2.47 bits per heavy atom. The van der Waals surface area contributed by atoms with E-state index in [9.17, 15) is 9.59 Å². The zero-order valence-electron chi connectivity index (χ0n) is 19.3. The molecule has 1 aliphatic heterocycles. The lowest BCUT2D eigenvalue weighted by molar-refractivity contribution is -0.122. The van der Waals surface area contributed by atoms with Crippen molar-refractivity contribution in [3.8, 4) is 16.9 Å². The monoisotopic (exact) mass is 458 g/mol. The second kappa shape index (κ2) is 11.5. The van der Waals surface area contributed by atoms with E-state index in [-0.39, 0.29) is 17.9 Å². The maximum Gasteiger partial charge on any atom is 0.265 e. The van der Waals surface area contributed by atoms with Crippen LogP contribution in [-0.2, 0) is 9.53 Å². The summed E-state index contributed by atoms with van der Waals surface area (Å²) < 4.78 is 11.5. The summed E-state index contributed by atoms with van der Waals surface area (Å²) in [6.45, 7) is 3.14. The minimum Gasteiger partial charge on any atom is -0.481 e. The minimum atomic E-state index is -0.653. The van der Waals surface area contributed by atoms with Gasteiger partial charge >= 0.3 is 0 Å². The number of benzene rings is 3. The molecule has 6 nitrogen and oxygen atoms in total. The summed E-state index contributed by atoms with van der Waals surface area (Å²) in [5.41, 5.74) is 3.25. The molecule has 3 aromatic rings. The number of carbonyl (C=O) groups is 2. The predicted octanol–water partition coefficient (Wildman–Crippen LogP) is 5.06. The molecule has 2 unspecified atom stereocenters. The van der Waals surface area contributed by atoms with Crippen LogP contribution >= 0.6 is 0 Å². The van der Waals surface area contributed by atoms with Gasteiger partial charge in [0.1, 0.15) is 5.75 Å². The molecule has 1 fully saturated rings. The summed E-state index contributed by atoms with van der Waals surface area (Å²) in [5, 5.41) is 5.78. The summed E-state index contributed by atoms with van der Waals surface area (Å²) in [4.78, 5) is 25.4. The highest BCUT2D eigenvalue weighted by Crippen LogP contribution is 2.23. The Hall–Kier alpha value is -3.64. The summed E-state index contributed by atoms with van der Waals surface area (Å²) in [5.74, 6) is 0.184. The van der Waals surface area contributed by atoms with Crippen LogP contribution in [0.4, 0.5) is 5.69 Å². The normalized spacial score (nSPS) is 16.0. The molecule has 6 heteroatoms. The van der Waals surface area contributed by atoms with Gasteiger partial charge in [-0.3, -0.25) is 9.59 Å². The number of carbonyl (C=O) groups excluding carboxylic acids is 2. The van der Waals surface area contributed by atoms with E-state index in [1.54, 1.807) is 24.3 Å². The quantitative estimate of drug-likeness (QED) is 0.470. The lowest BCUT2D eigenvalue weighted by Gasteiger charge is -2.18. The largest absolute Gasteiger partial charge is 0.481 e. The average Bonchev–Trinajstić information content (AvgIpc) is 3.40. The third kappa shape index (κ3) is 6.23. The Labute approximate surface area is 200 Å². The summed E-state index contributed by atoms with van der Waals surface area (Å²) in [6, 6.07) is 24.7. The molecule has 2 amide bonds. The van der Waals surface area contributed by atoms with Crippen LogP contribution in [0.25, 0.3) is 11.1 Å². The molecule has 0 radical (unpaired) electrons. The van der Waals surface area contributed by atoms with Gasteiger partial charge in [0.05, 0.1) is 6.10 Å². The van der Waals surface area contributed by atoms with E-state index in [0.717, 1.165) is 30.6 Å². The molecule has 1 heterocycles. The molecule has 0 aromatic heterocycles. The molecule has 34 heavy (non-hydrogen) atoms. The highest BCUT2D eigenvalue weighted by Gasteiger charge is 2.20. The van der Waals surface area contributed by atoms with Crippen molar-refractivity contribution in [3.63, 3.8) is 0 Å². The van der Waals surface area contributed by atoms with Gasteiger partial charge in [0.25, 0.3) is 11.8 Å². The van der Waals surface area contributed by atoms with Gasteiger partial charge in [0.2, 0.25) is 0 Å². The fraction of sp³-hybridized carbons (Fsp3) is 0.286. The van der Waals surface area contributed by atoms with Crippen molar-refractivity contribution in [1.29, 1.82) is 0 Å². The first-order valence-electron chi connectivity index (χ1n) is 11.7. The van der Waals surface area contributed by atoms with E-state index in [0.29, 0.717) is 30.0 Å². The van der Waals surface area contributed by atoms with Crippen LogP contribution in [0.2, 0.25) is 0 Å². The average molecular weight is 459 g/mol. The van der Waals surface area contributed by atoms with Crippen LogP contribution in [0, 0.1) is 0 Å². The van der Waals surface area contributed by atoms with Crippen molar-refractivity contribution < 1.29 is 19.1 Å². The second-order valence-corrected chi connectivity index (χ2v) is 8.32. The van der Waals surface area contributed by atoms with E-state index >= 15 is 0 Å². The Balaban J connectivity index is 1.34. The van der Waals surface area contributed by atoms with Gasteiger partial charge in [-0.25, -0.2) is 0 Å². The molecule has 0 saturated carbocycles. The first-order chi connectivity index (χ1) is 16.6. The first-order valence-corrected chi connectivity index (χ1v) is 11.7. The molecule has 3 aromatic carbocycles. The van der Waals surface area contributed by atoms with E-state index in [4.69, 9.17) is 9.47 Å². The molecule has 0 aliphatic carbocycles. The highest BCUT2D eigenvalue weighted by atomic mass is 16.5. The summed E-state index contributed by atoms with van der Waals surface area (Å²) >= 11 is 0. The van der Waals surface area contributed by atoms with Crippen molar-refractivity contribution in [3.05, 3.63) is 84.4 Å². The summed E-state index contributed by atoms with van der Waals surface area (Å²) in [6.07, 6.45) is 1.92. The van der Waals surface area contributed by atoms with Crippen LogP contribution in [-0.4, -0.2) is 37.2 Å². The van der Waals surface area contributed by atoms with Gasteiger partial charge in [-0.15, -0.1) is 0 Å². The van der Waals surface area contributed by atoms with Crippen molar-refractivity contribution in [2.75, 3.05) is 18.5 Å². The van der Waals surface area contributed by atoms with Crippen molar-refractivity contribution in [1.82, 2.24) is 5.32 Å². The topological polar surface area (TPSA) is 76.7 Å². The number of nitrogens with one attached hydrogen (secondary N) is 2. The molecule has 2 atom stereocenters. The lowest BCUT2D eigenvalue weighted by atomic mass is 10.1. The van der Waals surface area contributed by atoms with Crippen LogP contribution < -0.4 is 15.4 Å². The Morgan fingerprint density at radius 2 is 1.76 bits per heavy atom. The maximum absolute atomic E-state index is 12.9. The van der Waals surface area contributed by atoms with Crippen molar-refractivity contribution >= 4 is 17.5 Å². The highest BCUT2D eigenvalue weighted by molar-refractivity contribution is 5.98. The number of ether oxygens (including phenoxy) is 2. The SMILES string of the molecule is CCC(Oc1ccc(-c2ccccc2)cc1)C(=O)Nc1cccc(C(=O)NCC2CCCO2)c1. The van der Waals surface area contributed by atoms with Gasteiger partial charge in [-0.05, 0) is 60.7 Å². The fourth-order valence-electron chi connectivity index (χ4n) is 3.92. The number of amides is 2. The molecular formula is C28H30N2O4. The van der Waals surface area contributed by atoms with Crippen LogP contribution in [0.5, 0.6) is 5.75 Å². The smallest absolute Gasteiger partial charge is 0.265 e. The van der Waals surface area contributed by atoms with E-state index in [1.807, 2.05) is 49.4 Å². The number of anilines is 1. The third-order valence-corrected chi connectivity index (χ3v) is 5.81. The third-order valence-electron chi connectivity index (χ3n) is 5.81. The second-order valence-electron chi connectivity index (χ2n) is 8.32. The predicted molar refractivity (Wildman–Crippen MR) is 133 cm³/mol. The standard InChI is InChI=1S/C28H30N2O4/c1-2-26(34-24-15-13-21(14-16-24)20-8-4-3-5-9-20)28(32)30-23-11-6-10-22(18-23)27(31)29-19-25-12-7-17-33-25/h3-6,8-11,13-16,18,25-26H,2,7,12,17,19H2,1H3,(H,29,31)(H,30,32). The maximum atomic E-state index is 12.9. The Kier molecular flexibility index (Phi) is 7.94. The van der Waals surface area contributed by atoms with Crippen LogP contribution in [0.1, 0.15) is 36.5 Å². The van der Waals surface area contributed by atoms with Gasteiger partial charge < -0.3 is 20.1 Å².